The third kappa shape index (κ3) is 5.68. The Kier molecular flexibility index (Phi) is 5.07. The molecule has 1 N–H and O–H groups in total. The van der Waals surface area contributed by atoms with E-state index < -0.39 is 11.7 Å². The van der Waals surface area contributed by atoms with Gasteiger partial charge in [0.1, 0.15) is 5.60 Å². The number of hydrogen-bond acceptors (Lipinski definition) is 4. The molecule has 0 atom stereocenters. The monoisotopic (exact) mass is 260 g/mol. The second kappa shape index (κ2) is 6.55. The van der Waals surface area contributed by atoms with Crippen molar-refractivity contribution in [2.75, 3.05) is 6.54 Å². The van der Waals surface area contributed by atoms with Crippen molar-refractivity contribution in [1.82, 2.24) is 10.3 Å². The van der Waals surface area contributed by atoms with Gasteiger partial charge in [0.15, 0.2) is 6.29 Å². The summed E-state index contributed by atoms with van der Waals surface area (Å²) in [6.45, 7) is 5.49. The van der Waals surface area contributed by atoms with Gasteiger partial charge >= 0.3 is 6.09 Å². The van der Waals surface area contributed by atoms with Crippen LogP contribution in [0.1, 0.15) is 36.7 Å². The molecule has 0 aliphatic carbocycles. The molecule has 1 heterocycles. The summed E-state index contributed by atoms with van der Waals surface area (Å²) in [4.78, 5) is 25.9. The number of rotatable bonds is 2. The van der Waals surface area contributed by atoms with Gasteiger partial charge in [0.25, 0.3) is 0 Å². The van der Waals surface area contributed by atoms with Crippen LogP contribution >= 0.6 is 0 Å². The number of aldehydes is 1. The van der Waals surface area contributed by atoms with Gasteiger partial charge in [0.2, 0.25) is 0 Å². The summed E-state index contributed by atoms with van der Waals surface area (Å²) in [5.74, 6) is 5.50. The maximum atomic E-state index is 11.3. The Morgan fingerprint density at radius 2 is 2.26 bits per heavy atom. The van der Waals surface area contributed by atoms with E-state index >= 15 is 0 Å². The molecule has 0 aliphatic heterocycles. The minimum atomic E-state index is -0.536. The van der Waals surface area contributed by atoms with Crippen molar-refractivity contribution in [3.8, 4) is 11.8 Å². The molecule has 0 fully saturated rings. The van der Waals surface area contributed by atoms with Crippen molar-refractivity contribution in [2.24, 2.45) is 0 Å². The highest BCUT2D eigenvalue weighted by Gasteiger charge is 2.14. The first-order valence-electron chi connectivity index (χ1n) is 5.77. The molecule has 1 rings (SSSR count). The average Bonchev–Trinajstić information content (AvgIpc) is 2.33. The van der Waals surface area contributed by atoms with E-state index in [1.807, 2.05) is 0 Å². The van der Waals surface area contributed by atoms with E-state index in [2.05, 4.69) is 22.1 Å². The molecule has 0 aromatic carbocycles. The first-order chi connectivity index (χ1) is 8.92. The fraction of sp³-hybridized carbons (Fsp3) is 0.357. The lowest BCUT2D eigenvalue weighted by Crippen LogP contribution is -2.32. The maximum absolute atomic E-state index is 11.3. The molecule has 0 saturated heterocycles. The van der Waals surface area contributed by atoms with Crippen LogP contribution in [0.25, 0.3) is 0 Å². The van der Waals surface area contributed by atoms with Crippen molar-refractivity contribution in [3.63, 3.8) is 0 Å². The highest BCUT2D eigenvalue weighted by molar-refractivity contribution is 5.78. The Labute approximate surface area is 112 Å². The minimum Gasteiger partial charge on any atom is -0.444 e. The number of nitrogens with one attached hydrogen (secondary N) is 1. The van der Waals surface area contributed by atoms with Crippen LogP contribution in [-0.2, 0) is 4.74 Å². The number of hydrogen-bond donors (Lipinski definition) is 1. The van der Waals surface area contributed by atoms with E-state index in [9.17, 15) is 9.59 Å². The van der Waals surface area contributed by atoms with Gasteiger partial charge in [-0.1, -0.05) is 11.8 Å². The molecule has 0 saturated carbocycles. The van der Waals surface area contributed by atoms with Crippen LogP contribution in [0.3, 0.4) is 0 Å². The summed E-state index contributed by atoms with van der Waals surface area (Å²) in [5, 5.41) is 2.50. The summed E-state index contributed by atoms with van der Waals surface area (Å²) in [5.41, 5.74) is 0.467. The van der Waals surface area contributed by atoms with Crippen molar-refractivity contribution in [3.05, 3.63) is 29.6 Å². The smallest absolute Gasteiger partial charge is 0.408 e. The van der Waals surface area contributed by atoms with Crippen LogP contribution < -0.4 is 5.32 Å². The van der Waals surface area contributed by atoms with E-state index in [1.54, 1.807) is 26.8 Å². The number of aromatic nitrogens is 1. The standard InChI is InChI=1S/C14H16N2O3/c1-14(2,3)19-13(18)16-7-4-5-11-9-15-8-6-12(11)10-17/h6,8-10H,7H2,1-3H3,(H,16,18). The molecule has 19 heavy (non-hydrogen) atoms. The molecule has 0 radical (unpaired) electrons. The second-order valence-corrected chi connectivity index (χ2v) is 4.74. The summed E-state index contributed by atoms with van der Waals surface area (Å²) in [6.07, 6.45) is 3.22. The Hall–Kier alpha value is -2.35. The normalized spacial score (nSPS) is 10.1. The molecule has 1 amide bonds. The van der Waals surface area contributed by atoms with Crippen LogP contribution in [0.2, 0.25) is 0 Å². The molecule has 1 aromatic heterocycles. The number of pyridine rings is 1. The van der Waals surface area contributed by atoms with Crippen LogP contribution in [0.4, 0.5) is 4.79 Å². The largest absolute Gasteiger partial charge is 0.444 e. The van der Waals surface area contributed by atoms with Crippen LogP contribution in [-0.4, -0.2) is 29.5 Å². The van der Waals surface area contributed by atoms with Gasteiger partial charge in [-0.3, -0.25) is 9.78 Å². The number of amides is 1. The van der Waals surface area contributed by atoms with Gasteiger partial charge in [0, 0.05) is 18.0 Å². The Balaban J connectivity index is 2.52. The Morgan fingerprint density at radius 1 is 1.53 bits per heavy atom. The minimum absolute atomic E-state index is 0.141. The summed E-state index contributed by atoms with van der Waals surface area (Å²) in [7, 11) is 0. The summed E-state index contributed by atoms with van der Waals surface area (Å²) >= 11 is 0. The zero-order valence-electron chi connectivity index (χ0n) is 11.2. The van der Waals surface area contributed by atoms with Gasteiger partial charge in [-0.05, 0) is 26.8 Å². The third-order valence-electron chi connectivity index (χ3n) is 1.92. The highest BCUT2D eigenvalue weighted by Crippen LogP contribution is 2.06. The van der Waals surface area contributed by atoms with Gasteiger partial charge in [-0.25, -0.2) is 4.79 Å². The second-order valence-electron chi connectivity index (χ2n) is 4.74. The fourth-order valence-electron chi connectivity index (χ4n) is 1.18. The number of carbonyl (C=O) groups excluding carboxylic acids is 2. The predicted molar refractivity (Wildman–Crippen MR) is 70.7 cm³/mol. The zero-order valence-corrected chi connectivity index (χ0v) is 11.2. The van der Waals surface area contributed by atoms with Crippen molar-refractivity contribution in [1.29, 1.82) is 0 Å². The summed E-state index contributed by atoms with van der Waals surface area (Å²) in [6, 6.07) is 1.58. The Bertz CT molecular complexity index is 521. The highest BCUT2D eigenvalue weighted by atomic mass is 16.6. The quantitative estimate of drug-likeness (QED) is 0.650. The van der Waals surface area contributed by atoms with E-state index in [1.165, 1.54) is 12.4 Å². The summed E-state index contributed by atoms with van der Waals surface area (Å²) < 4.78 is 5.05. The van der Waals surface area contributed by atoms with Crippen LogP contribution in [0.5, 0.6) is 0 Å². The van der Waals surface area contributed by atoms with Gasteiger partial charge in [0.05, 0.1) is 12.1 Å². The Morgan fingerprint density at radius 3 is 2.89 bits per heavy atom. The molecule has 0 unspecified atom stereocenters. The lowest BCUT2D eigenvalue weighted by molar-refractivity contribution is 0.0535. The first-order valence-corrected chi connectivity index (χ1v) is 5.77. The molecule has 0 spiro atoms. The van der Waals surface area contributed by atoms with Gasteiger partial charge < -0.3 is 10.1 Å². The molecular weight excluding hydrogens is 244 g/mol. The van der Waals surface area contributed by atoms with Crippen LogP contribution in [0, 0.1) is 11.8 Å². The lowest BCUT2D eigenvalue weighted by atomic mass is 10.1. The van der Waals surface area contributed by atoms with Crippen LogP contribution in [0.15, 0.2) is 18.5 Å². The molecule has 5 nitrogen and oxygen atoms in total. The fourth-order valence-corrected chi connectivity index (χ4v) is 1.18. The van der Waals surface area contributed by atoms with Gasteiger partial charge in [-0.15, -0.1) is 0 Å². The molecule has 5 heteroatoms. The molecule has 0 aliphatic rings. The van der Waals surface area contributed by atoms with E-state index in [0.717, 1.165) is 0 Å². The molecule has 0 bridgehead atoms. The van der Waals surface area contributed by atoms with Crippen molar-refractivity contribution in [2.45, 2.75) is 26.4 Å². The number of nitrogens with zero attached hydrogens (tertiary/aromatic N) is 1. The predicted octanol–water partition coefficient (Wildman–Crippen LogP) is 1.77. The topological polar surface area (TPSA) is 68.3 Å². The van der Waals surface area contributed by atoms with E-state index in [-0.39, 0.29) is 6.54 Å². The SMILES string of the molecule is CC(C)(C)OC(=O)NCC#Cc1cnccc1C=O. The lowest BCUT2D eigenvalue weighted by Gasteiger charge is -2.18. The number of alkyl carbamates (subject to hydrolysis) is 1. The first kappa shape index (κ1) is 14.7. The van der Waals surface area contributed by atoms with Crippen molar-refractivity contribution < 1.29 is 14.3 Å². The number of carbonyl (C=O) groups is 2. The van der Waals surface area contributed by atoms with Gasteiger partial charge in [-0.2, -0.15) is 0 Å². The third-order valence-corrected chi connectivity index (χ3v) is 1.92. The number of ether oxygens (including phenoxy) is 1. The maximum Gasteiger partial charge on any atom is 0.408 e. The molecule has 1 aromatic rings. The van der Waals surface area contributed by atoms with E-state index in [4.69, 9.17) is 4.74 Å². The molecule has 100 valence electrons. The van der Waals surface area contributed by atoms with Crippen molar-refractivity contribution >= 4 is 12.4 Å². The average molecular weight is 260 g/mol. The zero-order chi connectivity index (χ0) is 14.3. The van der Waals surface area contributed by atoms with E-state index in [0.29, 0.717) is 17.4 Å². The molecular formula is C14H16N2O3.